The van der Waals surface area contributed by atoms with Gasteiger partial charge in [0.2, 0.25) is 5.91 Å². The molecule has 0 unspecified atom stereocenters. The third-order valence-electron chi connectivity index (χ3n) is 4.31. The van der Waals surface area contributed by atoms with Crippen molar-refractivity contribution in [2.24, 2.45) is 7.05 Å². The zero-order valence-corrected chi connectivity index (χ0v) is 15.9. The van der Waals surface area contributed by atoms with E-state index in [2.05, 4.69) is 5.32 Å². The van der Waals surface area contributed by atoms with Gasteiger partial charge >= 0.3 is 5.97 Å². The Morgan fingerprint density at radius 1 is 1.25 bits per heavy atom. The average Bonchev–Trinajstić information content (AvgIpc) is 3.27. The van der Waals surface area contributed by atoms with Crippen molar-refractivity contribution >= 4 is 41.0 Å². The lowest BCUT2D eigenvalue weighted by atomic mass is 10.1. The molecule has 3 rings (SSSR count). The van der Waals surface area contributed by atoms with E-state index in [4.69, 9.17) is 16.3 Å². The SMILES string of the molecule is Cn1cccc1C(=O)NC(=O)COC(=O)c1ccc(Cl)cc1N1CCCC1=O. The molecule has 0 spiro atoms. The highest BCUT2D eigenvalue weighted by atomic mass is 35.5. The number of halogens is 1. The summed E-state index contributed by atoms with van der Waals surface area (Å²) in [6, 6.07) is 7.68. The van der Waals surface area contributed by atoms with Crippen molar-refractivity contribution in [3.05, 3.63) is 52.8 Å². The van der Waals surface area contributed by atoms with Gasteiger partial charge in [-0.15, -0.1) is 0 Å². The van der Waals surface area contributed by atoms with Crippen LogP contribution in [0.3, 0.4) is 0 Å². The van der Waals surface area contributed by atoms with Crippen LogP contribution in [0.5, 0.6) is 0 Å². The number of rotatable bonds is 5. The molecular weight excluding hydrogens is 386 g/mol. The van der Waals surface area contributed by atoms with Crippen LogP contribution in [0.15, 0.2) is 36.5 Å². The molecule has 0 aliphatic carbocycles. The van der Waals surface area contributed by atoms with E-state index in [-0.39, 0.29) is 11.5 Å². The highest BCUT2D eigenvalue weighted by molar-refractivity contribution is 6.31. The van der Waals surface area contributed by atoms with Gasteiger partial charge in [-0.2, -0.15) is 0 Å². The molecule has 1 aliphatic heterocycles. The third-order valence-corrected chi connectivity index (χ3v) is 4.54. The van der Waals surface area contributed by atoms with Crippen LogP contribution >= 0.6 is 11.6 Å². The van der Waals surface area contributed by atoms with Crippen LogP contribution < -0.4 is 10.2 Å². The van der Waals surface area contributed by atoms with Gasteiger partial charge in [0.1, 0.15) is 5.69 Å². The van der Waals surface area contributed by atoms with E-state index in [1.165, 1.54) is 23.1 Å². The fourth-order valence-corrected chi connectivity index (χ4v) is 3.10. The molecule has 0 radical (unpaired) electrons. The van der Waals surface area contributed by atoms with E-state index in [0.29, 0.717) is 35.8 Å². The summed E-state index contributed by atoms with van der Waals surface area (Å²) in [5, 5.41) is 2.53. The van der Waals surface area contributed by atoms with Crippen molar-refractivity contribution in [2.75, 3.05) is 18.1 Å². The predicted octanol–water partition coefficient (Wildman–Crippen LogP) is 1.92. The van der Waals surface area contributed by atoms with Crippen LogP contribution in [-0.4, -0.2) is 41.4 Å². The number of anilines is 1. The van der Waals surface area contributed by atoms with Crippen LogP contribution in [0.1, 0.15) is 33.7 Å². The fraction of sp³-hybridized carbons (Fsp3) is 0.263. The Labute approximate surface area is 166 Å². The van der Waals surface area contributed by atoms with E-state index >= 15 is 0 Å². The number of carbonyl (C=O) groups is 4. The minimum atomic E-state index is -0.784. The van der Waals surface area contributed by atoms with Crippen molar-refractivity contribution < 1.29 is 23.9 Å². The second-order valence-corrected chi connectivity index (χ2v) is 6.70. The number of aryl methyl sites for hydroxylation is 1. The first-order valence-corrected chi connectivity index (χ1v) is 8.97. The Hall–Kier alpha value is -3.13. The maximum absolute atomic E-state index is 12.4. The smallest absolute Gasteiger partial charge is 0.340 e. The first-order chi connectivity index (χ1) is 13.4. The van der Waals surface area contributed by atoms with E-state index in [9.17, 15) is 19.2 Å². The van der Waals surface area contributed by atoms with Crippen LogP contribution in [-0.2, 0) is 21.4 Å². The Morgan fingerprint density at radius 2 is 2.04 bits per heavy atom. The van der Waals surface area contributed by atoms with Crippen molar-refractivity contribution in [1.29, 1.82) is 0 Å². The molecular formula is C19H18ClN3O5. The Morgan fingerprint density at radius 3 is 2.68 bits per heavy atom. The molecule has 146 valence electrons. The van der Waals surface area contributed by atoms with Gasteiger partial charge in [0.25, 0.3) is 11.8 Å². The summed E-state index contributed by atoms with van der Waals surface area (Å²) in [5.74, 6) is -2.24. The van der Waals surface area contributed by atoms with Gasteiger partial charge in [0, 0.05) is 31.2 Å². The number of aromatic nitrogens is 1. The second kappa shape index (κ2) is 8.26. The number of imide groups is 1. The third kappa shape index (κ3) is 4.23. The van der Waals surface area contributed by atoms with Crippen molar-refractivity contribution in [3.8, 4) is 0 Å². The van der Waals surface area contributed by atoms with Crippen molar-refractivity contribution in [2.45, 2.75) is 12.8 Å². The average molecular weight is 404 g/mol. The lowest BCUT2D eigenvalue weighted by Gasteiger charge is -2.19. The molecule has 1 aliphatic rings. The molecule has 1 aromatic carbocycles. The molecule has 1 saturated heterocycles. The molecule has 0 atom stereocenters. The Bertz CT molecular complexity index is 953. The first-order valence-electron chi connectivity index (χ1n) is 8.59. The second-order valence-electron chi connectivity index (χ2n) is 6.27. The molecule has 8 nitrogen and oxygen atoms in total. The van der Waals surface area contributed by atoms with E-state index < -0.39 is 24.4 Å². The summed E-state index contributed by atoms with van der Waals surface area (Å²) in [7, 11) is 1.67. The minimum Gasteiger partial charge on any atom is -0.452 e. The molecule has 2 heterocycles. The van der Waals surface area contributed by atoms with Gasteiger partial charge in [-0.05, 0) is 36.8 Å². The topological polar surface area (TPSA) is 97.7 Å². The molecule has 1 aromatic heterocycles. The number of nitrogens with one attached hydrogen (secondary N) is 1. The maximum atomic E-state index is 12.4. The number of esters is 1. The fourth-order valence-electron chi connectivity index (χ4n) is 2.94. The van der Waals surface area contributed by atoms with Gasteiger partial charge < -0.3 is 14.2 Å². The van der Waals surface area contributed by atoms with Gasteiger partial charge in [-0.1, -0.05) is 11.6 Å². The summed E-state index contributed by atoms with van der Waals surface area (Å²) >= 11 is 6.00. The number of benzene rings is 1. The molecule has 0 saturated carbocycles. The largest absolute Gasteiger partial charge is 0.452 e. The van der Waals surface area contributed by atoms with Gasteiger partial charge in [-0.3, -0.25) is 19.7 Å². The highest BCUT2D eigenvalue weighted by Gasteiger charge is 2.27. The zero-order chi connectivity index (χ0) is 20.3. The molecule has 1 N–H and O–H groups in total. The lowest BCUT2D eigenvalue weighted by Crippen LogP contribution is -2.35. The van der Waals surface area contributed by atoms with Crippen LogP contribution in [0.2, 0.25) is 5.02 Å². The lowest BCUT2D eigenvalue weighted by molar-refractivity contribution is -0.123. The highest BCUT2D eigenvalue weighted by Crippen LogP contribution is 2.29. The summed E-state index contributed by atoms with van der Waals surface area (Å²) in [5.41, 5.74) is 0.772. The van der Waals surface area contributed by atoms with Gasteiger partial charge in [-0.25, -0.2) is 4.79 Å². The molecule has 0 bridgehead atoms. The Kier molecular flexibility index (Phi) is 5.79. The summed E-state index contributed by atoms with van der Waals surface area (Å²) in [6.07, 6.45) is 2.75. The number of nitrogens with zero attached hydrogens (tertiary/aromatic N) is 2. The van der Waals surface area contributed by atoms with Gasteiger partial charge in [0.05, 0.1) is 11.3 Å². The van der Waals surface area contributed by atoms with Crippen molar-refractivity contribution in [1.82, 2.24) is 9.88 Å². The Balaban J connectivity index is 1.65. The summed E-state index contributed by atoms with van der Waals surface area (Å²) < 4.78 is 6.58. The standard InChI is InChI=1S/C19H18ClN3O5/c1-22-8-2-4-14(22)18(26)21-16(24)11-28-19(27)13-7-6-12(20)10-15(13)23-9-3-5-17(23)25/h2,4,6-8,10H,3,5,9,11H2,1H3,(H,21,24,26). The number of amides is 3. The zero-order valence-electron chi connectivity index (χ0n) is 15.1. The monoisotopic (exact) mass is 403 g/mol. The number of ether oxygens (including phenoxy) is 1. The van der Waals surface area contributed by atoms with Crippen molar-refractivity contribution in [3.63, 3.8) is 0 Å². The predicted molar refractivity (Wildman–Crippen MR) is 101 cm³/mol. The maximum Gasteiger partial charge on any atom is 0.340 e. The molecule has 1 fully saturated rings. The summed E-state index contributed by atoms with van der Waals surface area (Å²) in [6.45, 7) is -0.157. The van der Waals surface area contributed by atoms with E-state index in [1.54, 1.807) is 29.9 Å². The number of hydrogen-bond acceptors (Lipinski definition) is 5. The molecule has 3 amide bonds. The molecule has 9 heteroatoms. The van der Waals surface area contributed by atoms with Crippen LogP contribution in [0.25, 0.3) is 0 Å². The molecule has 28 heavy (non-hydrogen) atoms. The van der Waals surface area contributed by atoms with Gasteiger partial charge in [0.15, 0.2) is 6.61 Å². The van der Waals surface area contributed by atoms with E-state index in [0.717, 1.165) is 0 Å². The van der Waals surface area contributed by atoms with Crippen LogP contribution in [0.4, 0.5) is 5.69 Å². The molecule has 2 aromatic rings. The quantitative estimate of drug-likeness (QED) is 0.769. The number of hydrogen-bond donors (Lipinski definition) is 1. The first kappa shape index (κ1) is 19.6. The van der Waals surface area contributed by atoms with E-state index in [1.807, 2.05) is 0 Å². The normalized spacial score (nSPS) is 13.5. The van der Waals surface area contributed by atoms with Crippen LogP contribution in [0, 0.1) is 0 Å². The number of carbonyl (C=O) groups excluding carboxylic acids is 4. The minimum absolute atomic E-state index is 0.109. The summed E-state index contributed by atoms with van der Waals surface area (Å²) in [4.78, 5) is 49.9.